The summed E-state index contributed by atoms with van der Waals surface area (Å²) in [6, 6.07) is -0.242. The van der Waals surface area contributed by atoms with Crippen LogP contribution < -0.4 is 10.6 Å². The van der Waals surface area contributed by atoms with Crippen LogP contribution in [0, 0.1) is 0 Å². The Balaban J connectivity index is 1.94. The Morgan fingerprint density at radius 3 is 2.50 bits per heavy atom. The molecule has 1 aliphatic heterocycles. The fourth-order valence-corrected chi connectivity index (χ4v) is 1.66. The lowest BCUT2D eigenvalue weighted by atomic mass is 10.3. The van der Waals surface area contributed by atoms with Crippen LogP contribution in [0.25, 0.3) is 0 Å². The van der Waals surface area contributed by atoms with Crippen molar-refractivity contribution in [2.75, 3.05) is 45.9 Å². The molecule has 0 saturated carbocycles. The summed E-state index contributed by atoms with van der Waals surface area (Å²) < 4.78 is 5.22. The molecule has 0 bridgehead atoms. The number of amides is 2. The number of carboxylic acids is 1. The highest BCUT2D eigenvalue weighted by atomic mass is 16.5. The zero-order chi connectivity index (χ0) is 13.2. The predicted octanol–water partition coefficient (Wildman–Crippen LogP) is -0.517. The van der Waals surface area contributed by atoms with Crippen LogP contribution in [0.1, 0.15) is 12.8 Å². The number of ether oxygens (including phenoxy) is 1. The van der Waals surface area contributed by atoms with Gasteiger partial charge in [-0.05, 0) is 6.42 Å². The largest absolute Gasteiger partial charge is 0.481 e. The molecular weight excluding hydrogens is 238 g/mol. The number of morpholine rings is 1. The van der Waals surface area contributed by atoms with Gasteiger partial charge in [-0.3, -0.25) is 9.69 Å². The van der Waals surface area contributed by atoms with E-state index in [4.69, 9.17) is 9.84 Å². The number of carbonyl (C=O) groups is 2. The normalized spacial score (nSPS) is 16.2. The minimum absolute atomic E-state index is 0.0774. The lowest BCUT2D eigenvalue weighted by Crippen LogP contribution is -2.43. The van der Waals surface area contributed by atoms with Crippen molar-refractivity contribution >= 4 is 12.0 Å². The number of carboxylic acid groups (broad SMARTS) is 1. The number of carbonyl (C=O) groups excluding carboxylic acids is 1. The average molecular weight is 259 g/mol. The summed E-state index contributed by atoms with van der Waals surface area (Å²) in [7, 11) is 0. The van der Waals surface area contributed by atoms with Crippen LogP contribution in [-0.2, 0) is 9.53 Å². The third kappa shape index (κ3) is 7.08. The van der Waals surface area contributed by atoms with E-state index in [1.165, 1.54) is 0 Å². The van der Waals surface area contributed by atoms with E-state index < -0.39 is 5.97 Å². The zero-order valence-electron chi connectivity index (χ0n) is 10.5. The van der Waals surface area contributed by atoms with Crippen LogP contribution in [-0.4, -0.2) is 67.9 Å². The maximum Gasteiger partial charge on any atom is 0.314 e. The molecule has 0 aromatic rings. The van der Waals surface area contributed by atoms with Gasteiger partial charge in [0.15, 0.2) is 0 Å². The van der Waals surface area contributed by atoms with Gasteiger partial charge in [0.05, 0.1) is 13.2 Å². The number of nitrogens with one attached hydrogen (secondary N) is 2. The molecule has 1 heterocycles. The van der Waals surface area contributed by atoms with E-state index in [2.05, 4.69) is 15.5 Å². The molecule has 104 valence electrons. The van der Waals surface area contributed by atoms with Crippen LogP contribution >= 0.6 is 0 Å². The summed E-state index contributed by atoms with van der Waals surface area (Å²) in [6.07, 6.45) is 0.528. The molecule has 0 aromatic carbocycles. The maximum atomic E-state index is 11.3. The molecule has 0 atom stereocenters. The van der Waals surface area contributed by atoms with Crippen LogP contribution in [0.5, 0.6) is 0 Å². The number of hydrogen-bond acceptors (Lipinski definition) is 4. The van der Waals surface area contributed by atoms with Crippen molar-refractivity contribution in [3.05, 3.63) is 0 Å². The Hall–Kier alpha value is -1.34. The average Bonchev–Trinajstić information content (AvgIpc) is 2.36. The highest BCUT2D eigenvalue weighted by Crippen LogP contribution is 1.94. The summed E-state index contributed by atoms with van der Waals surface area (Å²) in [4.78, 5) is 23.8. The Morgan fingerprint density at radius 2 is 1.83 bits per heavy atom. The number of hydrogen-bond donors (Lipinski definition) is 3. The van der Waals surface area contributed by atoms with Crippen molar-refractivity contribution < 1.29 is 19.4 Å². The van der Waals surface area contributed by atoms with Crippen molar-refractivity contribution in [2.45, 2.75) is 12.8 Å². The second-order valence-electron chi connectivity index (χ2n) is 4.13. The fourth-order valence-electron chi connectivity index (χ4n) is 1.66. The first-order valence-corrected chi connectivity index (χ1v) is 6.22. The Labute approximate surface area is 106 Å². The molecule has 2 amide bonds. The topological polar surface area (TPSA) is 90.9 Å². The van der Waals surface area contributed by atoms with Gasteiger partial charge in [-0.15, -0.1) is 0 Å². The van der Waals surface area contributed by atoms with Gasteiger partial charge in [0.2, 0.25) is 0 Å². The Kier molecular flexibility index (Phi) is 7.12. The molecule has 0 aromatic heterocycles. The fraction of sp³-hybridized carbons (Fsp3) is 0.818. The van der Waals surface area contributed by atoms with Gasteiger partial charge in [-0.2, -0.15) is 0 Å². The van der Waals surface area contributed by atoms with Gasteiger partial charge in [0.25, 0.3) is 0 Å². The lowest BCUT2D eigenvalue weighted by molar-refractivity contribution is -0.137. The zero-order valence-corrected chi connectivity index (χ0v) is 10.5. The van der Waals surface area contributed by atoms with E-state index in [9.17, 15) is 9.59 Å². The van der Waals surface area contributed by atoms with E-state index in [-0.39, 0.29) is 12.5 Å². The minimum atomic E-state index is -0.843. The number of aliphatic carboxylic acids is 1. The monoisotopic (exact) mass is 259 g/mol. The van der Waals surface area contributed by atoms with Gasteiger partial charge in [-0.1, -0.05) is 0 Å². The van der Waals surface area contributed by atoms with E-state index in [0.29, 0.717) is 19.5 Å². The molecule has 1 saturated heterocycles. The molecule has 3 N–H and O–H groups in total. The summed E-state index contributed by atoms with van der Waals surface area (Å²) in [5, 5.41) is 13.8. The van der Waals surface area contributed by atoms with E-state index in [1.807, 2.05) is 0 Å². The SMILES string of the molecule is O=C(O)CCCNC(=O)NCCN1CCOCC1. The summed E-state index contributed by atoms with van der Waals surface area (Å²) in [6.45, 7) is 5.10. The molecule has 7 heteroatoms. The van der Waals surface area contributed by atoms with E-state index in [1.54, 1.807) is 0 Å². The summed E-state index contributed by atoms with van der Waals surface area (Å²) >= 11 is 0. The third-order valence-corrected chi connectivity index (χ3v) is 2.67. The molecule has 1 fully saturated rings. The summed E-state index contributed by atoms with van der Waals surface area (Å²) in [5.74, 6) is -0.843. The standard InChI is InChI=1S/C11H21N3O4/c15-10(16)2-1-3-12-11(17)13-4-5-14-6-8-18-9-7-14/h1-9H2,(H,15,16)(H2,12,13,17). The molecule has 18 heavy (non-hydrogen) atoms. The van der Waals surface area contributed by atoms with Crippen LogP contribution in [0.2, 0.25) is 0 Å². The van der Waals surface area contributed by atoms with Crippen molar-refractivity contribution in [3.63, 3.8) is 0 Å². The van der Waals surface area contributed by atoms with Crippen LogP contribution in [0.15, 0.2) is 0 Å². The van der Waals surface area contributed by atoms with Gasteiger partial charge < -0.3 is 20.5 Å². The third-order valence-electron chi connectivity index (χ3n) is 2.67. The van der Waals surface area contributed by atoms with E-state index >= 15 is 0 Å². The van der Waals surface area contributed by atoms with E-state index in [0.717, 1.165) is 32.8 Å². The van der Waals surface area contributed by atoms with Crippen LogP contribution in [0.3, 0.4) is 0 Å². The first kappa shape index (κ1) is 14.7. The highest BCUT2D eigenvalue weighted by molar-refractivity contribution is 5.73. The number of rotatable bonds is 7. The first-order valence-electron chi connectivity index (χ1n) is 6.22. The lowest BCUT2D eigenvalue weighted by Gasteiger charge is -2.26. The Morgan fingerprint density at radius 1 is 1.17 bits per heavy atom. The molecule has 0 unspecified atom stereocenters. The van der Waals surface area contributed by atoms with Gasteiger partial charge in [0, 0.05) is 39.1 Å². The number of nitrogens with zero attached hydrogens (tertiary/aromatic N) is 1. The molecular formula is C11H21N3O4. The summed E-state index contributed by atoms with van der Waals surface area (Å²) in [5.41, 5.74) is 0. The number of urea groups is 1. The molecule has 0 radical (unpaired) electrons. The van der Waals surface area contributed by atoms with Crippen molar-refractivity contribution in [1.29, 1.82) is 0 Å². The second-order valence-corrected chi connectivity index (χ2v) is 4.13. The second kappa shape index (κ2) is 8.71. The van der Waals surface area contributed by atoms with Crippen LogP contribution in [0.4, 0.5) is 4.79 Å². The van der Waals surface area contributed by atoms with Crippen molar-refractivity contribution in [1.82, 2.24) is 15.5 Å². The van der Waals surface area contributed by atoms with Gasteiger partial charge >= 0.3 is 12.0 Å². The Bertz CT molecular complexity index is 267. The highest BCUT2D eigenvalue weighted by Gasteiger charge is 2.09. The smallest absolute Gasteiger partial charge is 0.314 e. The van der Waals surface area contributed by atoms with Gasteiger partial charge in [-0.25, -0.2) is 4.79 Å². The van der Waals surface area contributed by atoms with Crippen molar-refractivity contribution in [2.24, 2.45) is 0 Å². The predicted molar refractivity (Wildman–Crippen MR) is 65.5 cm³/mol. The quantitative estimate of drug-likeness (QED) is 0.535. The van der Waals surface area contributed by atoms with Crippen molar-refractivity contribution in [3.8, 4) is 0 Å². The van der Waals surface area contributed by atoms with Gasteiger partial charge in [0.1, 0.15) is 0 Å². The molecule has 1 rings (SSSR count). The first-order chi connectivity index (χ1) is 8.68. The molecule has 0 aliphatic carbocycles. The molecule has 0 spiro atoms. The minimum Gasteiger partial charge on any atom is -0.481 e. The molecule has 7 nitrogen and oxygen atoms in total. The molecule has 1 aliphatic rings. The maximum absolute atomic E-state index is 11.3.